The number of anilines is 1. The Bertz CT molecular complexity index is 287. The van der Waals surface area contributed by atoms with E-state index < -0.39 is 0 Å². The minimum atomic E-state index is 0.0326. The van der Waals surface area contributed by atoms with Crippen LogP contribution in [-0.2, 0) is 4.74 Å². The van der Waals surface area contributed by atoms with Crippen LogP contribution in [0.3, 0.4) is 0 Å². The van der Waals surface area contributed by atoms with Crippen molar-refractivity contribution in [3.63, 3.8) is 0 Å². The van der Waals surface area contributed by atoms with Gasteiger partial charge in [-0.3, -0.25) is 0 Å². The zero-order chi connectivity index (χ0) is 11.8. The van der Waals surface area contributed by atoms with E-state index >= 15 is 0 Å². The molecule has 1 atom stereocenters. The van der Waals surface area contributed by atoms with Crippen molar-refractivity contribution < 1.29 is 14.6 Å². The molecular weight excluding hydrogens is 206 g/mol. The Balaban J connectivity index is 2.44. The van der Waals surface area contributed by atoms with Crippen LogP contribution in [-0.4, -0.2) is 38.1 Å². The van der Waals surface area contributed by atoms with Crippen LogP contribution in [0.15, 0.2) is 24.3 Å². The molecule has 1 rings (SSSR count). The molecule has 4 nitrogen and oxygen atoms in total. The SMILES string of the molecule is COCC(C)Nc1ccc(OCCO)cc1. The molecule has 0 saturated carbocycles. The zero-order valence-corrected chi connectivity index (χ0v) is 9.77. The highest BCUT2D eigenvalue weighted by Gasteiger charge is 2.01. The van der Waals surface area contributed by atoms with Gasteiger partial charge in [0.1, 0.15) is 12.4 Å². The first kappa shape index (κ1) is 12.8. The highest BCUT2D eigenvalue weighted by atomic mass is 16.5. The lowest BCUT2D eigenvalue weighted by Gasteiger charge is -2.14. The molecule has 0 radical (unpaired) electrons. The van der Waals surface area contributed by atoms with E-state index in [9.17, 15) is 0 Å². The summed E-state index contributed by atoms with van der Waals surface area (Å²) >= 11 is 0. The number of aliphatic hydroxyl groups excluding tert-OH is 1. The maximum atomic E-state index is 8.61. The summed E-state index contributed by atoms with van der Waals surface area (Å²) in [7, 11) is 1.68. The van der Waals surface area contributed by atoms with Crippen molar-refractivity contribution in [1.82, 2.24) is 0 Å². The van der Waals surface area contributed by atoms with E-state index in [0.717, 1.165) is 11.4 Å². The molecule has 1 aromatic rings. The van der Waals surface area contributed by atoms with Gasteiger partial charge in [-0.15, -0.1) is 0 Å². The second kappa shape index (κ2) is 7.09. The first-order chi connectivity index (χ1) is 7.76. The van der Waals surface area contributed by atoms with Crippen LogP contribution >= 0.6 is 0 Å². The zero-order valence-electron chi connectivity index (χ0n) is 9.77. The molecule has 0 aliphatic rings. The van der Waals surface area contributed by atoms with Crippen LogP contribution < -0.4 is 10.1 Å². The predicted octanol–water partition coefficient (Wildman–Crippen LogP) is 1.50. The van der Waals surface area contributed by atoms with Crippen LogP contribution in [0.1, 0.15) is 6.92 Å². The average molecular weight is 225 g/mol. The molecule has 2 N–H and O–H groups in total. The van der Waals surface area contributed by atoms with E-state index in [1.54, 1.807) is 7.11 Å². The number of methoxy groups -OCH3 is 1. The third-order valence-corrected chi connectivity index (χ3v) is 2.04. The lowest BCUT2D eigenvalue weighted by Crippen LogP contribution is -2.20. The normalized spacial score (nSPS) is 12.2. The third kappa shape index (κ3) is 4.51. The Hall–Kier alpha value is -1.26. The van der Waals surface area contributed by atoms with E-state index in [4.69, 9.17) is 14.6 Å². The highest BCUT2D eigenvalue weighted by Crippen LogP contribution is 2.16. The summed E-state index contributed by atoms with van der Waals surface area (Å²) in [5.41, 5.74) is 1.03. The lowest BCUT2D eigenvalue weighted by atomic mass is 10.2. The summed E-state index contributed by atoms with van der Waals surface area (Å²) < 4.78 is 10.3. The Morgan fingerprint density at radius 1 is 1.31 bits per heavy atom. The van der Waals surface area contributed by atoms with Gasteiger partial charge in [0.2, 0.25) is 0 Å². The maximum absolute atomic E-state index is 8.61. The van der Waals surface area contributed by atoms with E-state index in [0.29, 0.717) is 13.2 Å². The topological polar surface area (TPSA) is 50.7 Å². The van der Waals surface area contributed by atoms with Crippen molar-refractivity contribution in [2.24, 2.45) is 0 Å². The second-order valence-corrected chi connectivity index (χ2v) is 3.60. The summed E-state index contributed by atoms with van der Waals surface area (Å²) in [6.07, 6.45) is 0. The number of benzene rings is 1. The summed E-state index contributed by atoms with van der Waals surface area (Å²) in [6.45, 7) is 3.08. The highest BCUT2D eigenvalue weighted by molar-refractivity contribution is 5.46. The molecule has 0 amide bonds. The van der Waals surface area contributed by atoms with Crippen LogP contribution in [0.2, 0.25) is 0 Å². The van der Waals surface area contributed by atoms with Crippen LogP contribution in [0, 0.1) is 0 Å². The van der Waals surface area contributed by atoms with Gasteiger partial charge < -0.3 is 19.9 Å². The molecule has 0 bridgehead atoms. The molecule has 0 fully saturated rings. The summed E-state index contributed by atoms with van der Waals surface area (Å²) in [5.74, 6) is 0.763. The molecule has 90 valence electrons. The fourth-order valence-corrected chi connectivity index (χ4v) is 1.39. The molecule has 1 unspecified atom stereocenters. The number of aliphatic hydroxyl groups is 1. The van der Waals surface area contributed by atoms with Gasteiger partial charge in [-0.05, 0) is 31.2 Å². The van der Waals surface area contributed by atoms with Gasteiger partial charge in [0, 0.05) is 18.8 Å². The Morgan fingerprint density at radius 3 is 2.56 bits per heavy atom. The van der Waals surface area contributed by atoms with Crippen LogP contribution in [0.4, 0.5) is 5.69 Å². The van der Waals surface area contributed by atoms with Crippen molar-refractivity contribution >= 4 is 5.69 Å². The molecule has 0 aliphatic carbocycles. The molecule has 16 heavy (non-hydrogen) atoms. The molecule has 0 saturated heterocycles. The molecule has 1 aromatic carbocycles. The number of rotatable bonds is 7. The summed E-state index contributed by atoms with van der Waals surface area (Å²) in [5, 5.41) is 11.9. The molecule has 0 aliphatic heterocycles. The van der Waals surface area contributed by atoms with Crippen molar-refractivity contribution in [3.05, 3.63) is 24.3 Å². The Morgan fingerprint density at radius 2 is 2.00 bits per heavy atom. The summed E-state index contributed by atoms with van der Waals surface area (Å²) in [4.78, 5) is 0. The smallest absolute Gasteiger partial charge is 0.119 e. The molecule has 0 heterocycles. The number of hydrogen-bond acceptors (Lipinski definition) is 4. The van der Waals surface area contributed by atoms with Crippen molar-refractivity contribution in [3.8, 4) is 5.75 Å². The van der Waals surface area contributed by atoms with Gasteiger partial charge >= 0.3 is 0 Å². The van der Waals surface area contributed by atoms with Gasteiger partial charge in [0.25, 0.3) is 0 Å². The lowest BCUT2D eigenvalue weighted by molar-refractivity contribution is 0.190. The maximum Gasteiger partial charge on any atom is 0.119 e. The van der Waals surface area contributed by atoms with E-state index in [-0.39, 0.29) is 12.6 Å². The van der Waals surface area contributed by atoms with Gasteiger partial charge in [0.15, 0.2) is 0 Å². The molecule has 0 aromatic heterocycles. The first-order valence-corrected chi connectivity index (χ1v) is 5.35. The summed E-state index contributed by atoms with van der Waals surface area (Å²) in [6, 6.07) is 7.90. The Kier molecular flexibility index (Phi) is 5.67. The van der Waals surface area contributed by atoms with Gasteiger partial charge in [-0.1, -0.05) is 0 Å². The molecule has 0 spiro atoms. The number of nitrogens with one attached hydrogen (secondary N) is 1. The Labute approximate surface area is 96.2 Å². The van der Waals surface area contributed by atoms with Crippen LogP contribution in [0.25, 0.3) is 0 Å². The standard InChI is InChI=1S/C12H19NO3/c1-10(9-15-2)13-11-3-5-12(6-4-11)16-8-7-14/h3-6,10,13-14H,7-9H2,1-2H3. The fourth-order valence-electron chi connectivity index (χ4n) is 1.39. The quantitative estimate of drug-likeness (QED) is 0.738. The van der Waals surface area contributed by atoms with Gasteiger partial charge in [-0.2, -0.15) is 0 Å². The molecule has 4 heteroatoms. The van der Waals surface area contributed by atoms with Crippen LogP contribution in [0.5, 0.6) is 5.75 Å². The average Bonchev–Trinajstić information content (AvgIpc) is 2.28. The monoisotopic (exact) mass is 225 g/mol. The van der Waals surface area contributed by atoms with Crippen molar-refractivity contribution in [2.45, 2.75) is 13.0 Å². The largest absolute Gasteiger partial charge is 0.491 e. The third-order valence-electron chi connectivity index (χ3n) is 2.04. The minimum absolute atomic E-state index is 0.0326. The fraction of sp³-hybridized carbons (Fsp3) is 0.500. The van der Waals surface area contributed by atoms with Crippen molar-refractivity contribution in [1.29, 1.82) is 0 Å². The van der Waals surface area contributed by atoms with Gasteiger partial charge in [0.05, 0.1) is 13.2 Å². The van der Waals surface area contributed by atoms with E-state index in [2.05, 4.69) is 12.2 Å². The number of ether oxygens (including phenoxy) is 2. The first-order valence-electron chi connectivity index (χ1n) is 5.35. The minimum Gasteiger partial charge on any atom is -0.491 e. The van der Waals surface area contributed by atoms with E-state index in [1.807, 2.05) is 24.3 Å². The van der Waals surface area contributed by atoms with Gasteiger partial charge in [-0.25, -0.2) is 0 Å². The van der Waals surface area contributed by atoms with E-state index in [1.165, 1.54) is 0 Å². The second-order valence-electron chi connectivity index (χ2n) is 3.60. The predicted molar refractivity (Wildman–Crippen MR) is 64.0 cm³/mol. The number of hydrogen-bond donors (Lipinski definition) is 2. The molecular formula is C12H19NO3. The van der Waals surface area contributed by atoms with Crippen molar-refractivity contribution in [2.75, 3.05) is 32.2 Å².